The number of rotatable bonds is 5. The Labute approximate surface area is 169 Å². The van der Waals surface area contributed by atoms with Gasteiger partial charge in [0.25, 0.3) is 0 Å². The highest BCUT2D eigenvalue weighted by molar-refractivity contribution is 5.92. The predicted molar refractivity (Wildman–Crippen MR) is 110 cm³/mol. The topological polar surface area (TPSA) is 90.1 Å². The fraction of sp³-hybridized carbons (Fsp3) is 0.227. The van der Waals surface area contributed by atoms with E-state index in [1.165, 1.54) is 0 Å². The van der Waals surface area contributed by atoms with Gasteiger partial charge in [-0.2, -0.15) is 5.10 Å². The third-order valence-corrected chi connectivity index (χ3v) is 5.09. The van der Waals surface area contributed by atoms with Gasteiger partial charge in [0.15, 0.2) is 5.82 Å². The molecule has 7 nitrogen and oxygen atoms in total. The van der Waals surface area contributed by atoms with Crippen LogP contribution in [0.15, 0.2) is 54.6 Å². The van der Waals surface area contributed by atoms with Gasteiger partial charge in [-0.3, -0.25) is 9.89 Å². The number of carbonyl (C=O) groups excluding carboxylic acids is 2. The predicted octanol–water partition coefficient (Wildman–Crippen LogP) is 3.12. The van der Waals surface area contributed by atoms with Crippen molar-refractivity contribution in [1.29, 1.82) is 0 Å². The molecule has 0 aliphatic carbocycles. The second-order valence-electron chi connectivity index (χ2n) is 7.18. The molecule has 1 aliphatic rings. The van der Waals surface area contributed by atoms with Crippen molar-refractivity contribution < 1.29 is 9.59 Å². The van der Waals surface area contributed by atoms with Crippen molar-refractivity contribution in [2.75, 3.05) is 5.32 Å². The van der Waals surface area contributed by atoms with Gasteiger partial charge in [-0.15, -0.1) is 0 Å². The normalized spacial score (nSPS) is 12.5. The molecule has 0 radical (unpaired) electrons. The number of aromatic nitrogens is 2. The van der Waals surface area contributed by atoms with Crippen molar-refractivity contribution >= 4 is 17.8 Å². The first-order valence-corrected chi connectivity index (χ1v) is 9.57. The Morgan fingerprint density at radius 2 is 1.83 bits per heavy atom. The van der Waals surface area contributed by atoms with E-state index >= 15 is 0 Å². The number of aromatic amines is 1. The van der Waals surface area contributed by atoms with Crippen molar-refractivity contribution in [2.24, 2.45) is 0 Å². The fourth-order valence-electron chi connectivity index (χ4n) is 3.43. The highest BCUT2D eigenvalue weighted by Gasteiger charge is 2.28. The van der Waals surface area contributed by atoms with Gasteiger partial charge >= 0.3 is 6.03 Å². The summed E-state index contributed by atoms with van der Waals surface area (Å²) >= 11 is 0. The maximum atomic E-state index is 12.5. The monoisotopic (exact) mass is 389 g/mol. The molecule has 1 aliphatic heterocycles. The van der Waals surface area contributed by atoms with Gasteiger partial charge in [0.05, 0.1) is 25.2 Å². The number of anilines is 1. The van der Waals surface area contributed by atoms with E-state index in [4.69, 9.17) is 0 Å². The van der Waals surface area contributed by atoms with Crippen LogP contribution < -0.4 is 10.6 Å². The van der Waals surface area contributed by atoms with Crippen LogP contribution in [0, 0.1) is 6.92 Å². The molecule has 2 aromatic carbocycles. The number of hydrogen-bond donors (Lipinski definition) is 3. The lowest BCUT2D eigenvalue weighted by Gasteiger charge is -2.17. The lowest BCUT2D eigenvalue weighted by atomic mass is 10.1. The van der Waals surface area contributed by atoms with Crippen LogP contribution in [0.2, 0.25) is 0 Å². The number of fused-ring (bicyclic) bond motifs is 1. The van der Waals surface area contributed by atoms with Crippen LogP contribution in [0.5, 0.6) is 0 Å². The van der Waals surface area contributed by atoms with Crippen LogP contribution >= 0.6 is 0 Å². The van der Waals surface area contributed by atoms with E-state index < -0.39 is 0 Å². The summed E-state index contributed by atoms with van der Waals surface area (Å²) in [4.78, 5) is 26.6. The van der Waals surface area contributed by atoms with E-state index in [2.05, 4.69) is 20.8 Å². The summed E-state index contributed by atoms with van der Waals surface area (Å²) < 4.78 is 0. The van der Waals surface area contributed by atoms with Crippen molar-refractivity contribution in [2.45, 2.75) is 33.0 Å². The zero-order chi connectivity index (χ0) is 20.2. The Bertz CT molecular complexity index is 1030. The summed E-state index contributed by atoms with van der Waals surface area (Å²) in [6, 6.07) is 17.4. The van der Waals surface area contributed by atoms with Gasteiger partial charge in [0.1, 0.15) is 0 Å². The Hall–Kier alpha value is -3.61. The van der Waals surface area contributed by atoms with Crippen molar-refractivity contribution in [3.05, 3.63) is 82.5 Å². The zero-order valence-corrected chi connectivity index (χ0v) is 16.2. The lowest BCUT2D eigenvalue weighted by Crippen LogP contribution is -2.36. The standard InChI is InChI=1S/C22H23N5O2/c1-15-7-5-6-10-17(15)11-20(28)24-21-18-13-27(14-19(18)25-26-21)22(29)23-12-16-8-3-2-4-9-16/h2-10H,11-14H2,1H3,(H,23,29)(H2,24,25,26,28). The maximum Gasteiger partial charge on any atom is 0.318 e. The Kier molecular flexibility index (Phi) is 5.29. The second kappa shape index (κ2) is 8.18. The summed E-state index contributed by atoms with van der Waals surface area (Å²) in [6.45, 7) is 3.31. The molecule has 3 N–H and O–H groups in total. The minimum Gasteiger partial charge on any atom is -0.334 e. The second-order valence-corrected chi connectivity index (χ2v) is 7.18. The van der Waals surface area contributed by atoms with E-state index in [0.717, 1.165) is 27.9 Å². The Morgan fingerprint density at radius 3 is 2.62 bits per heavy atom. The summed E-state index contributed by atoms with van der Waals surface area (Å²) in [5.41, 5.74) is 4.82. The Balaban J connectivity index is 1.34. The van der Waals surface area contributed by atoms with Crippen LogP contribution in [0.4, 0.5) is 10.6 Å². The molecule has 0 fully saturated rings. The summed E-state index contributed by atoms with van der Waals surface area (Å²) in [5, 5.41) is 13.0. The van der Waals surface area contributed by atoms with Crippen molar-refractivity contribution in [3.8, 4) is 0 Å². The number of aryl methyl sites for hydroxylation is 1. The fourth-order valence-corrected chi connectivity index (χ4v) is 3.43. The van der Waals surface area contributed by atoms with E-state index in [0.29, 0.717) is 25.5 Å². The summed E-state index contributed by atoms with van der Waals surface area (Å²) in [7, 11) is 0. The molecule has 0 atom stereocenters. The zero-order valence-electron chi connectivity index (χ0n) is 16.2. The molecule has 7 heteroatoms. The van der Waals surface area contributed by atoms with Gasteiger partial charge < -0.3 is 15.5 Å². The molecule has 3 aromatic rings. The van der Waals surface area contributed by atoms with Gasteiger partial charge in [0, 0.05) is 12.1 Å². The molecule has 148 valence electrons. The number of amides is 3. The van der Waals surface area contributed by atoms with Gasteiger partial charge in [-0.1, -0.05) is 54.6 Å². The smallest absolute Gasteiger partial charge is 0.318 e. The summed E-state index contributed by atoms with van der Waals surface area (Å²) in [5.74, 6) is 0.373. The van der Waals surface area contributed by atoms with Crippen LogP contribution in [-0.4, -0.2) is 27.0 Å². The van der Waals surface area contributed by atoms with Crippen LogP contribution in [-0.2, 0) is 30.8 Å². The van der Waals surface area contributed by atoms with E-state index in [9.17, 15) is 9.59 Å². The molecule has 0 saturated heterocycles. The van der Waals surface area contributed by atoms with Crippen molar-refractivity contribution in [3.63, 3.8) is 0 Å². The molecule has 0 saturated carbocycles. The number of nitrogens with zero attached hydrogens (tertiary/aromatic N) is 2. The minimum absolute atomic E-state index is 0.124. The minimum atomic E-state index is -0.143. The third kappa shape index (κ3) is 4.29. The van der Waals surface area contributed by atoms with Gasteiger partial charge in [-0.05, 0) is 23.6 Å². The molecular formula is C22H23N5O2. The average molecular weight is 389 g/mol. The number of H-pyrrole nitrogens is 1. The molecule has 0 unspecified atom stereocenters. The number of carbonyl (C=O) groups is 2. The van der Waals surface area contributed by atoms with Crippen molar-refractivity contribution in [1.82, 2.24) is 20.4 Å². The number of urea groups is 1. The molecule has 4 rings (SSSR count). The third-order valence-electron chi connectivity index (χ3n) is 5.09. The largest absolute Gasteiger partial charge is 0.334 e. The molecule has 3 amide bonds. The van der Waals surface area contributed by atoms with E-state index in [-0.39, 0.29) is 18.4 Å². The van der Waals surface area contributed by atoms with Gasteiger partial charge in [0.2, 0.25) is 5.91 Å². The first-order valence-electron chi connectivity index (χ1n) is 9.57. The summed E-state index contributed by atoms with van der Waals surface area (Å²) in [6.07, 6.45) is 0.287. The number of benzene rings is 2. The molecule has 2 heterocycles. The molecule has 0 spiro atoms. The maximum absolute atomic E-state index is 12.5. The highest BCUT2D eigenvalue weighted by atomic mass is 16.2. The number of hydrogen-bond acceptors (Lipinski definition) is 3. The van der Waals surface area contributed by atoms with Crippen LogP contribution in [0.3, 0.4) is 0 Å². The molecule has 29 heavy (non-hydrogen) atoms. The SMILES string of the molecule is Cc1ccccc1CC(=O)Nc1n[nH]c2c1CN(C(=O)NCc1ccccc1)C2. The first-order chi connectivity index (χ1) is 14.1. The van der Waals surface area contributed by atoms with Crippen LogP contribution in [0.1, 0.15) is 27.9 Å². The molecular weight excluding hydrogens is 366 g/mol. The van der Waals surface area contributed by atoms with E-state index in [1.807, 2.05) is 61.5 Å². The van der Waals surface area contributed by atoms with E-state index in [1.54, 1.807) is 4.90 Å². The number of nitrogens with one attached hydrogen (secondary N) is 3. The van der Waals surface area contributed by atoms with Crippen LogP contribution in [0.25, 0.3) is 0 Å². The molecule has 1 aromatic heterocycles. The Morgan fingerprint density at radius 1 is 1.07 bits per heavy atom. The highest BCUT2D eigenvalue weighted by Crippen LogP contribution is 2.27. The average Bonchev–Trinajstić information content (AvgIpc) is 3.31. The quantitative estimate of drug-likeness (QED) is 0.626. The van der Waals surface area contributed by atoms with Gasteiger partial charge in [-0.25, -0.2) is 4.79 Å². The molecule has 0 bridgehead atoms. The first kappa shape index (κ1) is 18.7. The lowest BCUT2D eigenvalue weighted by molar-refractivity contribution is -0.115.